The largest absolute Gasteiger partial charge is 0.480 e. The van der Waals surface area contributed by atoms with Gasteiger partial charge in [-0.2, -0.15) is 0 Å². The standard InChI is InChI=1S/3C6H13NO2.C4H6O2S/c3*1-4(2)3-5(7)6(8)9;1-3-7(5,6)4-2/h3*4-5H,3,7H2,1-2H3,(H,8,9);3-4H,1-2H2/t3*5-;/m000./s1. The van der Waals surface area contributed by atoms with Gasteiger partial charge in [-0.3, -0.25) is 14.4 Å². The molecule has 0 fully saturated rings. The van der Waals surface area contributed by atoms with Gasteiger partial charge >= 0.3 is 17.9 Å². The maximum atomic E-state index is 10.1. The van der Waals surface area contributed by atoms with Crippen molar-refractivity contribution in [1.29, 1.82) is 0 Å². The van der Waals surface area contributed by atoms with E-state index in [1.807, 2.05) is 41.5 Å². The second kappa shape index (κ2) is 21.3. The first kappa shape index (κ1) is 39.0. The van der Waals surface area contributed by atoms with E-state index in [4.69, 9.17) is 32.5 Å². The van der Waals surface area contributed by atoms with Gasteiger partial charge in [0.1, 0.15) is 18.1 Å². The first-order chi connectivity index (χ1) is 15.2. The second-order valence-corrected chi connectivity index (χ2v) is 10.5. The van der Waals surface area contributed by atoms with Crippen LogP contribution >= 0.6 is 0 Å². The van der Waals surface area contributed by atoms with Crippen LogP contribution in [0.2, 0.25) is 0 Å². The van der Waals surface area contributed by atoms with Gasteiger partial charge in [0.2, 0.25) is 0 Å². The average Bonchev–Trinajstić information content (AvgIpc) is 2.67. The van der Waals surface area contributed by atoms with Gasteiger partial charge in [-0.25, -0.2) is 8.42 Å². The third kappa shape index (κ3) is 31.9. The maximum Gasteiger partial charge on any atom is 0.320 e. The molecular weight excluding hydrogens is 466 g/mol. The third-order valence-electron chi connectivity index (χ3n) is 3.59. The summed E-state index contributed by atoms with van der Waals surface area (Å²) in [6.07, 6.45) is 1.65. The van der Waals surface area contributed by atoms with Crippen LogP contribution in [0.15, 0.2) is 24.0 Å². The van der Waals surface area contributed by atoms with Crippen molar-refractivity contribution in [3.8, 4) is 0 Å². The molecule has 0 radical (unpaired) electrons. The first-order valence-electron chi connectivity index (χ1n) is 10.7. The number of hydrogen-bond acceptors (Lipinski definition) is 8. The molecule has 11 nitrogen and oxygen atoms in total. The van der Waals surface area contributed by atoms with Crippen LogP contribution in [-0.4, -0.2) is 59.8 Å². The van der Waals surface area contributed by atoms with E-state index < -0.39 is 45.9 Å². The summed E-state index contributed by atoms with van der Waals surface area (Å²) in [6.45, 7) is 17.8. The predicted octanol–water partition coefficient (Wildman–Crippen LogP) is 2.02. The van der Waals surface area contributed by atoms with Crippen molar-refractivity contribution in [2.24, 2.45) is 35.0 Å². The van der Waals surface area contributed by atoms with Gasteiger partial charge in [-0.05, 0) is 37.0 Å². The Hall–Kier alpha value is -2.28. The lowest BCUT2D eigenvalue weighted by atomic mass is 10.1. The van der Waals surface area contributed by atoms with E-state index in [1.54, 1.807) is 0 Å². The van der Waals surface area contributed by atoms with Crippen LogP contribution in [0.25, 0.3) is 0 Å². The quantitative estimate of drug-likeness (QED) is 0.235. The SMILES string of the molecule is C=CS(=O)(=O)C=C.CC(C)C[C@H](N)C(=O)O.CC(C)C[C@H](N)C(=O)O.CC(C)C[C@H](N)C(=O)O. The summed E-state index contributed by atoms with van der Waals surface area (Å²) in [5.41, 5.74) is 15.7. The zero-order valence-corrected chi connectivity index (χ0v) is 22.0. The number of rotatable bonds is 11. The molecule has 0 spiro atoms. The highest BCUT2D eigenvalue weighted by Gasteiger charge is 2.13. The fourth-order valence-electron chi connectivity index (χ4n) is 1.89. The molecule has 0 bridgehead atoms. The molecule has 0 saturated heterocycles. The highest BCUT2D eigenvalue weighted by Crippen LogP contribution is 2.03. The molecule has 0 rings (SSSR count). The maximum absolute atomic E-state index is 10.1. The molecule has 0 aliphatic carbocycles. The molecule has 0 saturated carbocycles. The highest BCUT2D eigenvalue weighted by atomic mass is 32.2. The molecule has 0 aliphatic heterocycles. The smallest absolute Gasteiger partial charge is 0.320 e. The Morgan fingerprint density at radius 3 is 0.853 bits per heavy atom. The summed E-state index contributed by atoms with van der Waals surface area (Å²) in [7, 11) is -3.13. The van der Waals surface area contributed by atoms with Crippen molar-refractivity contribution in [3.05, 3.63) is 24.0 Å². The van der Waals surface area contributed by atoms with Crippen molar-refractivity contribution < 1.29 is 38.1 Å². The molecule has 0 aliphatic rings. The van der Waals surface area contributed by atoms with Crippen molar-refractivity contribution in [1.82, 2.24) is 0 Å². The highest BCUT2D eigenvalue weighted by molar-refractivity contribution is 7.97. The fraction of sp³-hybridized carbons (Fsp3) is 0.682. The average molecular weight is 512 g/mol. The molecule has 0 heterocycles. The van der Waals surface area contributed by atoms with Crippen molar-refractivity contribution in [3.63, 3.8) is 0 Å². The lowest BCUT2D eigenvalue weighted by Gasteiger charge is -2.07. The van der Waals surface area contributed by atoms with E-state index in [-0.39, 0.29) is 0 Å². The van der Waals surface area contributed by atoms with Gasteiger partial charge < -0.3 is 32.5 Å². The van der Waals surface area contributed by atoms with Gasteiger partial charge in [0.15, 0.2) is 9.84 Å². The first-order valence-corrected chi connectivity index (χ1v) is 12.3. The van der Waals surface area contributed by atoms with Crippen LogP contribution in [-0.2, 0) is 24.2 Å². The van der Waals surface area contributed by atoms with Crippen LogP contribution < -0.4 is 17.2 Å². The Labute approximate surface area is 204 Å². The summed E-state index contributed by atoms with van der Waals surface area (Å²) in [5, 5.41) is 26.6. The summed E-state index contributed by atoms with van der Waals surface area (Å²) < 4.78 is 20.3. The lowest BCUT2D eigenvalue weighted by Crippen LogP contribution is -2.31. The summed E-state index contributed by atoms with van der Waals surface area (Å²) >= 11 is 0. The topological polar surface area (TPSA) is 224 Å². The Balaban J connectivity index is -0.000000177. The molecule has 3 atom stereocenters. The molecule has 0 aromatic heterocycles. The molecule has 0 aromatic carbocycles. The summed E-state index contributed by atoms with van der Waals surface area (Å²) in [5.74, 6) is -1.67. The molecule has 0 aromatic rings. The number of carbonyl (C=O) groups is 3. The Kier molecular flexibility index (Phi) is 24.4. The zero-order chi connectivity index (χ0) is 28.2. The molecule has 0 amide bonds. The number of carboxylic acid groups (broad SMARTS) is 3. The second-order valence-electron chi connectivity index (χ2n) is 8.65. The van der Waals surface area contributed by atoms with E-state index in [0.717, 1.165) is 10.8 Å². The Bertz CT molecular complexity index is 631. The molecule has 12 heteroatoms. The Morgan fingerprint density at radius 2 is 0.824 bits per heavy atom. The molecule has 34 heavy (non-hydrogen) atoms. The number of aliphatic carboxylic acids is 3. The van der Waals surface area contributed by atoms with E-state index in [2.05, 4.69) is 13.2 Å². The molecular formula is C22H45N3O8S. The molecule has 202 valence electrons. The van der Waals surface area contributed by atoms with Gasteiger partial charge in [0.25, 0.3) is 0 Å². The molecule has 9 N–H and O–H groups in total. The third-order valence-corrected chi connectivity index (χ3v) is 4.52. The van der Waals surface area contributed by atoms with Gasteiger partial charge in [-0.1, -0.05) is 54.7 Å². The van der Waals surface area contributed by atoms with E-state index in [1.165, 1.54) is 0 Å². The van der Waals surface area contributed by atoms with E-state index in [0.29, 0.717) is 37.0 Å². The van der Waals surface area contributed by atoms with E-state index in [9.17, 15) is 22.8 Å². The van der Waals surface area contributed by atoms with Crippen molar-refractivity contribution >= 4 is 27.7 Å². The van der Waals surface area contributed by atoms with Crippen LogP contribution in [0.4, 0.5) is 0 Å². The fourth-order valence-corrected chi connectivity index (χ4v) is 2.03. The van der Waals surface area contributed by atoms with Crippen LogP contribution in [0, 0.1) is 17.8 Å². The van der Waals surface area contributed by atoms with Crippen LogP contribution in [0.5, 0.6) is 0 Å². The van der Waals surface area contributed by atoms with Gasteiger partial charge in [-0.15, -0.1) is 0 Å². The van der Waals surface area contributed by atoms with Gasteiger partial charge in [0.05, 0.1) is 0 Å². The van der Waals surface area contributed by atoms with Crippen LogP contribution in [0.1, 0.15) is 60.8 Å². The minimum absolute atomic E-state index is 0.357. The van der Waals surface area contributed by atoms with Crippen LogP contribution in [0.3, 0.4) is 0 Å². The monoisotopic (exact) mass is 511 g/mol. The van der Waals surface area contributed by atoms with Gasteiger partial charge in [0, 0.05) is 10.8 Å². The van der Waals surface area contributed by atoms with Crippen molar-refractivity contribution in [2.75, 3.05) is 0 Å². The molecule has 0 unspecified atom stereocenters. The summed E-state index contributed by atoms with van der Waals surface area (Å²) in [4.78, 5) is 30.3. The number of hydrogen-bond donors (Lipinski definition) is 6. The van der Waals surface area contributed by atoms with Crippen molar-refractivity contribution in [2.45, 2.75) is 78.9 Å². The lowest BCUT2D eigenvalue weighted by molar-refractivity contribution is -0.139. The number of nitrogens with two attached hydrogens (primary N) is 3. The minimum atomic E-state index is -3.13. The number of sulfone groups is 1. The number of carboxylic acids is 3. The summed E-state index contributed by atoms with van der Waals surface area (Å²) in [6, 6.07) is -2.07. The normalized spacial score (nSPS) is 13.1. The predicted molar refractivity (Wildman–Crippen MR) is 135 cm³/mol. The Morgan fingerprint density at radius 1 is 0.647 bits per heavy atom. The van der Waals surface area contributed by atoms with E-state index >= 15 is 0 Å². The minimum Gasteiger partial charge on any atom is -0.480 e. The zero-order valence-electron chi connectivity index (χ0n) is 21.2.